The van der Waals surface area contributed by atoms with E-state index in [0.29, 0.717) is 0 Å². The molecule has 0 atom stereocenters. The van der Waals surface area contributed by atoms with E-state index in [1.165, 1.54) is 0 Å². The van der Waals surface area contributed by atoms with Crippen LogP contribution in [0.5, 0.6) is 0 Å². The molecule has 0 aromatic carbocycles. The van der Waals surface area contributed by atoms with Crippen molar-refractivity contribution in [3.05, 3.63) is 0 Å². The Kier molecular flexibility index (Phi) is 253. The van der Waals surface area contributed by atoms with Crippen molar-refractivity contribution in [2.75, 3.05) is 0 Å². The first-order chi connectivity index (χ1) is 0. The summed E-state index contributed by atoms with van der Waals surface area (Å²) < 4.78 is 0. The molecule has 3 nitrogen and oxygen atoms in total. The van der Waals surface area contributed by atoms with Gasteiger partial charge in [0.05, 0.1) is 0 Å². The Hall–Kier alpha value is 4.70. The molecule has 0 bridgehead atoms. The van der Waals surface area contributed by atoms with Crippen molar-refractivity contribution in [2.24, 2.45) is 0 Å². The smallest absolute Gasteiger partial charge is 2.00 e. The molecule has 0 aliphatic rings. The van der Waals surface area contributed by atoms with E-state index in [1.807, 2.05) is 0 Å². The summed E-state index contributed by atoms with van der Waals surface area (Å²) in [6.07, 6.45) is 0. The van der Waals surface area contributed by atoms with Gasteiger partial charge < -0.3 is 16.4 Å². The molecule has 24 valence electrons. The van der Waals surface area contributed by atoms with Gasteiger partial charge in [0.2, 0.25) is 0 Å². The van der Waals surface area contributed by atoms with Gasteiger partial charge in [-0.25, -0.2) is 0 Å². The molecule has 0 aliphatic heterocycles. The number of hydrogen-bond donors (Lipinski definition) is 0. The van der Waals surface area contributed by atoms with Gasteiger partial charge in [-0.1, -0.05) is 0 Å². The average molecular weight is 362 g/mol. The fourth-order valence-electron chi connectivity index (χ4n) is 0. The topological polar surface area (TPSA) is 85.5 Å². The SMILES string of the molecule is [Cs+].[Cs+].[O-2].[O-2].[O-2].[Ti+4]. The molecular formula is Cs2O3Ti. The molecule has 0 saturated carbocycles. The van der Waals surface area contributed by atoms with Gasteiger partial charge in [-0.3, -0.25) is 0 Å². The van der Waals surface area contributed by atoms with Crippen LogP contribution < -0.4 is 138 Å². The minimum absolute atomic E-state index is 0. The molecule has 0 amide bonds. The van der Waals surface area contributed by atoms with Crippen LogP contribution >= 0.6 is 0 Å². The Bertz CT molecular complexity index is 8.75. The summed E-state index contributed by atoms with van der Waals surface area (Å²) in [5, 5.41) is 0. The van der Waals surface area contributed by atoms with Crippen LogP contribution in [-0.2, 0) is 38.1 Å². The molecule has 0 heterocycles. The van der Waals surface area contributed by atoms with Crippen molar-refractivity contribution < 1.29 is 176 Å². The second kappa shape index (κ2) is 33.2. The third-order valence-electron chi connectivity index (χ3n) is 0. The van der Waals surface area contributed by atoms with Crippen LogP contribution in [0.15, 0.2) is 0 Å². The van der Waals surface area contributed by atoms with Gasteiger partial charge in [0.1, 0.15) is 0 Å². The van der Waals surface area contributed by atoms with Crippen molar-refractivity contribution in [2.45, 2.75) is 0 Å². The van der Waals surface area contributed by atoms with Crippen LogP contribution in [0, 0.1) is 0 Å². The fourth-order valence-corrected chi connectivity index (χ4v) is 0. The molecule has 0 fully saturated rings. The van der Waals surface area contributed by atoms with E-state index in [9.17, 15) is 0 Å². The van der Waals surface area contributed by atoms with Crippen molar-refractivity contribution >= 4 is 0 Å². The molecule has 0 aromatic heterocycles. The number of rotatable bonds is 0. The Balaban J connectivity index is 0. The third-order valence-corrected chi connectivity index (χ3v) is 0. The second-order valence-electron chi connectivity index (χ2n) is 0. The van der Waals surface area contributed by atoms with E-state index in [2.05, 4.69) is 0 Å². The summed E-state index contributed by atoms with van der Waals surface area (Å²) >= 11 is 0. The van der Waals surface area contributed by atoms with Crippen LogP contribution in [0.1, 0.15) is 0 Å². The van der Waals surface area contributed by atoms with Crippen molar-refractivity contribution in [1.82, 2.24) is 0 Å². The Morgan fingerprint density at radius 2 is 0.500 bits per heavy atom. The Morgan fingerprint density at radius 3 is 0.500 bits per heavy atom. The monoisotopic (exact) mass is 362 g/mol. The minimum atomic E-state index is 0. The summed E-state index contributed by atoms with van der Waals surface area (Å²) in [6.45, 7) is 0. The largest absolute Gasteiger partial charge is 4.00 e. The van der Waals surface area contributed by atoms with Gasteiger partial charge in [-0.2, -0.15) is 0 Å². The zero-order valence-corrected chi connectivity index (χ0v) is 17.8. The maximum atomic E-state index is 0. The first-order valence-corrected chi connectivity index (χ1v) is 0. The predicted molar refractivity (Wildman–Crippen MR) is 2.06 cm³/mol. The van der Waals surface area contributed by atoms with Gasteiger partial charge in [0, 0.05) is 0 Å². The van der Waals surface area contributed by atoms with E-state index in [-0.39, 0.29) is 176 Å². The van der Waals surface area contributed by atoms with Gasteiger partial charge in [0.25, 0.3) is 0 Å². The van der Waals surface area contributed by atoms with E-state index >= 15 is 0 Å². The quantitative estimate of drug-likeness (QED) is 0.384. The van der Waals surface area contributed by atoms with Crippen LogP contribution in [-0.4, -0.2) is 0 Å². The number of hydrogen-bond acceptors (Lipinski definition) is 0. The molecule has 0 spiro atoms. The third kappa shape index (κ3) is 23.4. The van der Waals surface area contributed by atoms with Crippen LogP contribution in [0.25, 0.3) is 0 Å². The molecule has 6 heteroatoms. The molecule has 0 aliphatic carbocycles. The molecule has 0 aromatic rings. The first-order valence-electron chi connectivity index (χ1n) is 0. The maximum absolute atomic E-state index is 0. The molecule has 0 unspecified atom stereocenters. The van der Waals surface area contributed by atoms with E-state index in [1.54, 1.807) is 0 Å². The normalized spacial score (nSPS) is 0. The summed E-state index contributed by atoms with van der Waals surface area (Å²) in [6, 6.07) is 0. The van der Waals surface area contributed by atoms with Crippen molar-refractivity contribution in [3.63, 3.8) is 0 Å². The second-order valence-corrected chi connectivity index (χ2v) is 0. The standard InChI is InChI=1S/2Cs.3O.Ti/q2*+1;3*-2;+4. The Morgan fingerprint density at radius 1 is 0.500 bits per heavy atom. The van der Waals surface area contributed by atoms with Gasteiger partial charge in [0.15, 0.2) is 0 Å². The predicted octanol–water partition coefficient (Wildman–Crippen LogP) is -6.35. The van der Waals surface area contributed by atoms with Gasteiger partial charge in [-0.05, 0) is 0 Å². The van der Waals surface area contributed by atoms with Gasteiger partial charge in [-0.15, -0.1) is 0 Å². The summed E-state index contributed by atoms with van der Waals surface area (Å²) in [5.74, 6) is 0. The van der Waals surface area contributed by atoms with E-state index < -0.39 is 0 Å². The summed E-state index contributed by atoms with van der Waals surface area (Å²) in [5.41, 5.74) is 0. The van der Waals surface area contributed by atoms with E-state index in [4.69, 9.17) is 0 Å². The molecule has 6 heavy (non-hydrogen) atoms. The zero-order chi connectivity index (χ0) is 0. The molecule has 0 radical (unpaired) electrons. The molecule has 0 saturated heterocycles. The first kappa shape index (κ1) is 45.6. The summed E-state index contributed by atoms with van der Waals surface area (Å²) in [7, 11) is 0. The minimum Gasteiger partial charge on any atom is -2.00 e. The summed E-state index contributed by atoms with van der Waals surface area (Å²) in [4.78, 5) is 0. The van der Waals surface area contributed by atoms with Crippen LogP contribution in [0.4, 0.5) is 0 Å². The molecule has 0 N–H and O–H groups in total. The zero-order valence-electron chi connectivity index (χ0n) is 3.72. The van der Waals surface area contributed by atoms with Crippen molar-refractivity contribution in [1.29, 1.82) is 0 Å². The van der Waals surface area contributed by atoms with Gasteiger partial charge >= 0.3 is 160 Å². The molecule has 0 rings (SSSR count). The van der Waals surface area contributed by atoms with Crippen LogP contribution in [0.3, 0.4) is 0 Å². The maximum Gasteiger partial charge on any atom is 4.00 e. The van der Waals surface area contributed by atoms with Crippen molar-refractivity contribution in [3.8, 4) is 0 Å². The molecular weight excluding hydrogens is 362 g/mol. The average Bonchev–Trinajstić information content (AvgIpc) is 0. The van der Waals surface area contributed by atoms with E-state index in [0.717, 1.165) is 0 Å². The Labute approximate surface area is 169 Å². The van der Waals surface area contributed by atoms with Crippen LogP contribution in [0.2, 0.25) is 0 Å². The fraction of sp³-hybridized carbons (Fsp3) is 0.